The molecule has 0 aliphatic rings. The molecule has 7 heteroatoms. The fraction of sp³-hybridized carbons (Fsp3) is 0.350. The van der Waals surface area contributed by atoms with E-state index in [1.54, 1.807) is 7.05 Å². The molecule has 0 saturated heterocycles. The van der Waals surface area contributed by atoms with Crippen molar-refractivity contribution in [2.45, 2.75) is 33.0 Å². The predicted molar refractivity (Wildman–Crippen MR) is 115 cm³/mol. The number of hydrogen-bond donors (Lipinski definition) is 2. The maximum atomic E-state index is 13.7. The molecule has 0 aliphatic heterocycles. The molecule has 0 aliphatic carbocycles. The van der Waals surface area contributed by atoms with Gasteiger partial charge in [0, 0.05) is 32.3 Å². The first-order valence-corrected chi connectivity index (χ1v) is 8.67. The molecule has 0 spiro atoms. The van der Waals surface area contributed by atoms with E-state index in [1.165, 1.54) is 6.07 Å². The Morgan fingerprint density at radius 1 is 1.00 bits per heavy atom. The van der Waals surface area contributed by atoms with Crippen molar-refractivity contribution < 1.29 is 13.5 Å². The van der Waals surface area contributed by atoms with Crippen LogP contribution in [0.2, 0.25) is 0 Å². The Morgan fingerprint density at radius 3 is 2.33 bits per heavy atom. The highest BCUT2D eigenvalue weighted by molar-refractivity contribution is 14.0. The summed E-state index contributed by atoms with van der Waals surface area (Å²) >= 11 is 0. The van der Waals surface area contributed by atoms with Crippen LogP contribution >= 0.6 is 24.0 Å². The minimum absolute atomic E-state index is 0. The molecule has 0 fully saturated rings. The summed E-state index contributed by atoms with van der Waals surface area (Å²) in [5.41, 5.74) is 2.46. The third-order valence-electron chi connectivity index (χ3n) is 3.85. The number of rotatable bonds is 8. The van der Waals surface area contributed by atoms with Crippen molar-refractivity contribution in [3.63, 3.8) is 0 Å². The van der Waals surface area contributed by atoms with Crippen LogP contribution < -0.4 is 10.6 Å². The maximum absolute atomic E-state index is 13.7. The summed E-state index contributed by atoms with van der Waals surface area (Å²) in [6.45, 7) is 4.06. The molecule has 0 aromatic heterocycles. The van der Waals surface area contributed by atoms with Crippen molar-refractivity contribution in [2.75, 3.05) is 13.7 Å². The normalized spacial score (nSPS) is 11.0. The lowest BCUT2D eigenvalue weighted by atomic mass is 10.1. The van der Waals surface area contributed by atoms with Gasteiger partial charge in [-0.3, -0.25) is 4.99 Å². The molecule has 2 rings (SSSR count). The molecule has 2 N–H and O–H groups in total. The van der Waals surface area contributed by atoms with Gasteiger partial charge >= 0.3 is 0 Å². The van der Waals surface area contributed by atoms with Gasteiger partial charge < -0.3 is 15.4 Å². The monoisotopic (exact) mass is 489 g/mol. The van der Waals surface area contributed by atoms with Crippen molar-refractivity contribution in [1.82, 2.24) is 10.6 Å². The standard InChI is InChI=1S/C20H25F2N3O.HI/c1-3-10-26-14-16-7-5-4-6-15(16)12-24-20(23-2)25-13-17-11-18(21)8-9-19(17)22;/h4-9,11H,3,10,12-14H2,1-2H3,(H2,23,24,25);1H. The Hall–Kier alpha value is -1.74. The van der Waals surface area contributed by atoms with Crippen LogP contribution in [0.4, 0.5) is 8.78 Å². The maximum Gasteiger partial charge on any atom is 0.191 e. The zero-order valence-electron chi connectivity index (χ0n) is 15.6. The summed E-state index contributed by atoms with van der Waals surface area (Å²) < 4.78 is 32.6. The average Bonchev–Trinajstić information content (AvgIpc) is 2.65. The third kappa shape index (κ3) is 7.80. The summed E-state index contributed by atoms with van der Waals surface area (Å²) in [7, 11) is 1.63. The van der Waals surface area contributed by atoms with Gasteiger partial charge in [0.1, 0.15) is 11.6 Å². The molecule has 2 aromatic carbocycles. The van der Waals surface area contributed by atoms with Gasteiger partial charge in [-0.25, -0.2) is 8.78 Å². The van der Waals surface area contributed by atoms with E-state index in [-0.39, 0.29) is 36.1 Å². The minimum Gasteiger partial charge on any atom is -0.377 e. The van der Waals surface area contributed by atoms with Crippen molar-refractivity contribution in [3.8, 4) is 0 Å². The molecule has 148 valence electrons. The van der Waals surface area contributed by atoms with Crippen molar-refractivity contribution in [2.24, 2.45) is 4.99 Å². The number of halogens is 3. The Bertz CT molecular complexity index is 741. The number of benzene rings is 2. The Labute approximate surface area is 176 Å². The number of guanidine groups is 1. The number of aliphatic imine (C=N–C) groups is 1. The highest BCUT2D eigenvalue weighted by Crippen LogP contribution is 2.11. The van der Waals surface area contributed by atoms with E-state index < -0.39 is 11.6 Å². The molecule has 0 heterocycles. The van der Waals surface area contributed by atoms with Gasteiger partial charge in [0.25, 0.3) is 0 Å². The zero-order valence-corrected chi connectivity index (χ0v) is 17.9. The number of nitrogens with one attached hydrogen (secondary N) is 2. The SMILES string of the molecule is CCCOCc1ccccc1CNC(=NC)NCc1cc(F)ccc1F.I. The summed E-state index contributed by atoms with van der Waals surface area (Å²) in [4.78, 5) is 4.12. The van der Waals surface area contributed by atoms with Crippen LogP contribution in [0.25, 0.3) is 0 Å². The second-order valence-electron chi connectivity index (χ2n) is 5.84. The molecule has 0 unspecified atom stereocenters. The summed E-state index contributed by atoms with van der Waals surface area (Å²) in [5, 5.41) is 6.18. The lowest BCUT2D eigenvalue weighted by Gasteiger charge is -2.15. The minimum atomic E-state index is -0.466. The van der Waals surface area contributed by atoms with Gasteiger partial charge in [0.2, 0.25) is 0 Å². The molecule has 0 bridgehead atoms. The quantitative estimate of drug-likeness (QED) is 0.251. The predicted octanol–water partition coefficient (Wildman–Crippen LogP) is 4.37. The molecular weight excluding hydrogens is 463 g/mol. The second-order valence-corrected chi connectivity index (χ2v) is 5.84. The van der Waals surface area contributed by atoms with Gasteiger partial charge in [0.05, 0.1) is 6.61 Å². The van der Waals surface area contributed by atoms with Gasteiger partial charge in [-0.15, -0.1) is 24.0 Å². The first kappa shape index (κ1) is 23.3. The summed E-state index contributed by atoms with van der Waals surface area (Å²) in [5.74, 6) is -0.405. The molecule has 4 nitrogen and oxygen atoms in total. The van der Waals surface area contributed by atoms with E-state index in [0.29, 0.717) is 19.1 Å². The largest absolute Gasteiger partial charge is 0.377 e. The third-order valence-corrected chi connectivity index (χ3v) is 3.85. The van der Waals surface area contributed by atoms with Crippen LogP contribution in [0.5, 0.6) is 0 Å². The first-order chi connectivity index (χ1) is 12.6. The number of nitrogens with zero attached hydrogens (tertiary/aromatic N) is 1. The molecule has 27 heavy (non-hydrogen) atoms. The van der Waals surface area contributed by atoms with E-state index in [0.717, 1.165) is 36.3 Å². The highest BCUT2D eigenvalue weighted by Gasteiger charge is 2.07. The number of ether oxygens (including phenoxy) is 1. The molecule has 0 atom stereocenters. The first-order valence-electron chi connectivity index (χ1n) is 8.67. The fourth-order valence-electron chi connectivity index (χ4n) is 2.45. The van der Waals surface area contributed by atoms with Crippen LogP contribution in [-0.2, 0) is 24.4 Å². The molecular formula is C20H26F2IN3O. The van der Waals surface area contributed by atoms with Gasteiger partial charge in [-0.1, -0.05) is 31.2 Å². The Kier molecular flexibility index (Phi) is 10.9. The van der Waals surface area contributed by atoms with Gasteiger partial charge in [0.15, 0.2) is 5.96 Å². The van der Waals surface area contributed by atoms with E-state index in [1.807, 2.05) is 24.3 Å². The van der Waals surface area contributed by atoms with Crippen molar-refractivity contribution >= 4 is 29.9 Å². The average molecular weight is 489 g/mol. The topological polar surface area (TPSA) is 45.6 Å². The summed E-state index contributed by atoms with van der Waals surface area (Å²) in [6.07, 6.45) is 0.980. The van der Waals surface area contributed by atoms with Crippen LogP contribution in [0.15, 0.2) is 47.5 Å². The smallest absolute Gasteiger partial charge is 0.191 e. The Morgan fingerprint density at radius 2 is 1.67 bits per heavy atom. The van der Waals surface area contributed by atoms with Crippen LogP contribution in [0, 0.1) is 11.6 Å². The molecule has 0 saturated carbocycles. The van der Waals surface area contributed by atoms with E-state index >= 15 is 0 Å². The number of hydrogen-bond acceptors (Lipinski definition) is 2. The lowest BCUT2D eigenvalue weighted by molar-refractivity contribution is 0.121. The van der Waals surface area contributed by atoms with E-state index in [9.17, 15) is 8.78 Å². The molecule has 0 radical (unpaired) electrons. The fourth-order valence-corrected chi connectivity index (χ4v) is 2.45. The van der Waals surface area contributed by atoms with Crippen LogP contribution in [-0.4, -0.2) is 19.6 Å². The lowest BCUT2D eigenvalue weighted by Crippen LogP contribution is -2.36. The van der Waals surface area contributed by atoms with Crippen molar-refractivity contribution in [1.29, 1.82) is 0 Å². The van der Waals surface area contributed by atoms with Crippen LogP contribution in [0.1, 0.15) is 30.0 Å². The van der Waals surface area contributed by atoms with Gasteiger partial charge in [-0.2, -0.15) is 0 Å². The van der Waals surface area contributed by atoms with Crippen molar-refractivity contribution in [3.05, 3.63) is 70.8 Å². The second kappa shape index (κ2) is 12.6. The van der Waals surface area contributed by atoms with E-state index in [2.05, 4.69) is 22.5 Å². The highest BCUT2D eigenvalue weighted by atomic mass is 127. The molecule has 2 aromatic rings. The summed E-state index contributed by atoms with van der Waals surface area (Å²) in [6, 6.07) is 11.4. The molecule has 0 amide bonds. The van der Waals surface area contributed by atoms with E-state index in [4.69, 9.17) is 4.74 Å². The van der Waals surface area contributed by atoms with Crippen LogP contribution in [0.3, 0.4) is 0 Å². The van der Waals surface area contributed by atoms with Gasteiger partial charge in [-0.05, 0) is 35.7 Å². The zero-order chi connectivity index (χ0) is 18.8. The Balaban J connectivity index is 0.00000364.